The summed E-state index contributed by atoms with van der Waals surface area (Å²) in [6.45, 7) is 3.83. The fourth-order valence-electron chi connectivity index (χ4n) is 2.32. The Morgan fingerprint density at radius 3 is 2.94 bits per heavy atom. The van der Waals surface area contributed by atoms with Gasteiger partial charge in [0.15, 0.2) is 0 Å². The average Bonchev–Trinajstić information content (AvgIpc) is 2.88. The fourth-order valence-corrected chi connectivity index (χ4v) is 2.32. The molecule has 1 saturated carbocycles. The van der Waals surface area contributed by atoms with E-state index < -0.39 is 0 Å². The van der Waals surface area contributed by atoms with Crippen molar-refractivity contribution in [3.63, 3.8) is 0 Å². The lowest BCUT2D eigenvalue weighted by Gasteiger charge is -2.05. The highest BCUT2D eigenvalue weighted by Gasteiger charge is 2.38. The number of nitro groups is 1. The lowest BCUT2D eigenvalue weighted by Crippen LogP contribution is -2.10. The summed E-state index contributed by atoms with van der Waals surface area (Å²) in [5.41, 5.74) is 0.572. The Balaban J connectivity index is 2.13. The Morgan fingerprint density at radius 2 is 2.35 bits per heavy atom. The van der Waals surface area contributed by atoms with Crippen molar-refractivity contribution in [2.75, 3.05) is 5.32 Å². The van der Waals surface area contributed by atoms with E-state index in [0.29, 0.717) is 23.5 Å². The van der Waals surface area contributed by atoms with Crippen molar-refractivity contribution >= 4 is 11.5 Å². The molecule has 6 heteroatoms. The van der Waals surface area contributed by atoms with Crippen molar-refractivity contribution in [1.82, 2.24) is 9.78 Å². The summed E-state index contributed by atoms with van der Waals surface area (Å²) in [5.74, 6) is 1.20. The molecule has 1 fully saturated rings. The Kier molecular flexibility index (Phi) is 3.04. The van der Waals surface area contributed by atoms with Crippen LogP contribution >= 0.6 is 0 Å². The van der Waals surface area contributed by atoms with Gasteiger partial charge in [-0.25, -0.2) is 4.68 Å². The smallest absolute Gasteiger partial charge is 0.333 e. The number of anilines is 1. The van der Waals surface area contributed by atoms with E-state index >= 15 is 0 Å². The van der Waals surface area contributed by atoms with Gasteiger partial charge in [0.05, 0.1) is 4.92 Å². The van der Waals surface area contributed by atoms with Crippen LogP contribution in [0.3, 0.4) is 0 Å². The van der Waals surface area contributed by atoms with Crippen LogP contribution in [0.15, 0.2) is 0 Å². The molecule has 1 heterocycles. The number of nitrogens with zero attached hydrogens (tertiary/aromatic N) is 3. The number of hydrogen-bond acceptors (Lipinski definition) is 4. The molecule has 0 aliphatic heterocycles. The van der Waals surface area contributed by atoms with Gasteiger partial charge in [0.2, 0.25) is 5.82 Å². The molecule has 2 atom stereocenters. The first-order chi connectivity index (χ1) is 8.04. The highest BCUT2D eigenvalue weighted by molar-refractivity contribution is 5.60. The van der Waals surface area contributed by atoms with Crippen molar-refractivity contribution < 1.29 is 4.92 Å². The van der Waals surface area contributed by atoms with Crippen LogP contribution in [-0.4, -0.2) is 20.7 Å². The van der Waals surface area contributed by atoms with Gasteiger partial charge < -0.3 is 5.32 Å². The van der Waals surface area contributed by atoms with Crippen LogP contribution in [-0.2, 0) is 7.05 Å². The summed E-state index contributed by atoms with van der Waals surface area (Å²) in [4.78, 5) is 10.6. The van der Waals surface area contributed by atoms with Crippen LogP contribution in [0, 0.1) is 23.0 Å². The zero-order valence-corrected chi connectivity index (χ0v) is 10.4. The van der Waals surface area contributed by atoms with E-state index in [0.717, 1.165) is 12.8 Å². The van der Waals surface area contributed by atoms with Crippen LogP contribution in [0.25, 0.3) is 0 Å². The molecule has 0 aromatic carbocycles. The molecule has 1 aliphatic carbocycles. The minimum Gasteiger partial charge on any atom is -0.362 e. The number of rotatable bonds is 5. The van der Waals surface area contributed by atoms with Crippen molar-refractivity contribution in [2.24, 2.45) is 13.0 Å². The molecule has 2 rings (SSSR count). The van der Waals surface area contributed by atoms with Gasteiger partial charge in [-0.1, -0.05) is 13.3 Å². The second kappa shape index (κ2) is 4.35. The third-order valence-electron chi connectivity index (χ3n) is 3.28. The number of aryl methyl sites for hydroxylation is 2. The third-order valence-corrected chi connectivity index (χ3v) is 3.28. The second-order valence-corrected chi connectivity index (χ2v) is 4.70. The van der Waals surface area contributed by atoms with Crippen molar-refractivity contribution in [1.29, 1.82) is 0 Å². The zero-order chi connectivity index (χ0) is 12.6. The maximum atomic E-state index is 11.0. The SMILES string of the molecule is CCCC1CC1Nc1c([N+](=O)[O-])c(C)nn1C. The molecule has 2 unspecified atom stereocenters. The third kappa shape index (κ3) is 2.25. The van der Waals surface area contributed by atoms with Crippen LogP contribution in [0.1, 0.15) is 31.9 Å². The summed E-state index contributed by atoms with van der Waals surface area (Å²) >= 11 is 0. The molecule has 0 bridgehead atoms. The van der Waals surface area contributed by atoms with Gasteiger partial charge in [-0.3, -0.25) is 10.1 Å². The summed E-state index contributed by atoms with van der Waals surface area (Å²) in [6.07, 6.45) is 3.45. The predicted octanol–water partition coefficient (Wildman–Crippen LogP) is 2.24. The Labute approximate surface area is 100 Å². The van der Waals surface area contributed by atoms with E-state index in [-0.39, 0.29) is 10.6 Å². The van der Waals surface area contributed by atoms with Crippen molar-refractivity contribution in [3.05, 3.63) is 15.8 Å². The van der Waals surface area contributed by atoms with E-state index in [9.17, 15) is 10.1 Å². The molecule has 0 amide bonds. The predicted molar refractivity (Wildman–Crippen MR) is 65.0 cm³/mol. The monoisotopic (exact) mass is 238 g/mol. The highest BCUT2D eigenvalue weighted by atomic mass is 16.6. The van der Waals surface area contributed by atoms with Gasteiger partial charge in [-0.2, -0.15) is 5.10 Å². The Hall–Kier alpha value is -1.59. The largest absolute Gasteiger partial charge is 0.362 e. The molecule has 0 saturated heterocycles. The van der Waals surface area contributed by atoms with Gasteiger partial charge in [0.1, 0.15) is 5.69 Å². The Morgan fingerprint density at radius 1 is 1.65 bits per heavy atom. The molecule has 17 heavy (non-hydrogen) atoms. The molecule has 6 nitrogen and oxygen atoms in total. The molecule has 1 aromatic heterocycles. The average molecular weight is 238 g/mol. The second-order valence-electron chi connectivity index (χ2n) is 4.70. The van der Waals surface area contributed by atoms with E-state index in [1.54, 1.807) is 18.7 Å². The van der Waals surface area contributed by atoms with E-state index in [1.807, 2.05) is 0 Å². The zero-order valence-electron chi connectivity index (χ0n) is 10.4. The summed E-state index contributed by atoms with van der Waals surface area (Å²) in [7, 11) is 1.74. The van der Waals surface area contributed by atoms with Crippen LogP contribution in [0.2, 0.25) is 0 Å². The van der Waals surface area contributed by atoms with Crippen LogP contribution in [0.5, 0.6) is 0 Å². The van der Waals surface area contributed by atoms with E-state index in [4.69, 9.17) is 0 Å². The first-order valence-electron chi connectivity index (χ1n) is 5.99. The molecule has 1 N–H and O–H groups in total. The quantitative estimate of drug-likeness (QED) is 0.630. The van der Waals surface area contributed by atoms with Gasteiger partial charge in [0.25, 0.3) is 0 Å². The van der Waals surface area contributed by atoms with Gasteiger partial charge >= 0.3 is 5.69 Å². The molecular formula is C11H18N4O2. The highest BCUT2D eigenvalue weighted by Crippen LogP contribution is 2.39. The number of nitrogens with one attached hydrogen (secondary N) is 1. The minimum absolute atomic E-state index is 0.106. The van der Waals surface area contributed by atoms with Crippen molar-refractivity contribution in [3.8, 4) is 0 Å². The summed E-state index contributed by atoms with van der Waals surface area (Å²) in [6, 6.07) is 0.378. The van der Waals surface area contributed by atoms with Gasteiger partial charge in [-0.05, 0) is 25.7 Å². The topological polar surface area (TPSA) is 73.0 Å². The first-order valence-corrected chi connectivity index (χ1v) is 5.99. The van der Waals surface area contributed by atoms with Crippen LogP contribution < -0.4 is 5.32 Å². The molecule has 1 aromatic rings. The van der Waals surface area contributed by atoms with Gasteiger partial charge in [0, 0.05) is 13.1 Å². The molecule has 0 radical (unpaired) electrons. The standard InChI is InChI=1S/C11H18N4O2/c1-4-5-8-6-9(8)12-11-10(15(16)17)7(2)13-14(11)3/h8-9,12H,4-6H2,1-3H3. The molecular weight excluding hydrogens is 220 g/mol. The number of aromatic nitrogens is 2. The molecule has 0 spiro atoms. The lowest BCUT2D eigenvalue weighted by atomic mass is 10.2. The minimum atomic E-state index is -0.359. The number of hydrogen-bond donors (Lipinski definition) is 1. The van der Waals surface area contributed by atoms with E-state index in [1.165, 1.54) is 6.42 Å². The van der Waals surface area contributed by atoms with Gasteiger partial charge in [-0.15, -0.1) is 0 Å². The Bertz CT molecular complexity index is 441. The van der Waals surface area contributed by atoms with E-state index in [2.05, 4.69) is 17.3 Å². The lowest BCUT2D eigenvalue weighted by molar-refractivity contribution is -0.384. The normalized spacial score (nSPS) is 22.5. The fraction of sp³-hybridized carbons (Fsp3) is 0.727. The maximum absolute atomic E-state index is 11.0. The molecule has 94 valence electrons. The van der Waals surface area contributed by atoms with Crippen molar-refractivity contribution in [2.45, 2.75) is 39.2 Å². The maximum Gasteiger partial charge on any atom is 0.333 e. The first kappa shape index (κ1) is 11.9. The summed E-state index contributed by atoms with van der Waals surface area (Å²) in [5, 5.41) is 18.3. The summed E-state index contributed by atoms with van der Waals surface area (Å²) < 4.78 is 1.56. The molecule has 1 aliphatic rings. The van der Waals surface area contributed by atoms with Crippen LogP contribution in [0.4, 0.5) is 11.5 Å².